The van der Waals surface area contributed by atoms with Crippen molar-refractivity contribution in [1.29, 1.82) is 0 Å². The highest BCUT2D eigenvalue weighted by atomic mass is 35.5. The van der Waals surface area contributed by atoms with E-state index in [9.17, 15) is 5.11 Å². The second-order valence-electron chi connectivity index (χ2n) is 6.43. The first-order valence-corrected chi connectivity index (χ1v) is 9.39. The predicted octanol–water partition coefficient (Wildman–Crippen LogP) is 4.85. The number of aromatic nitrogens is 1. The third-order valence-corrected chi connectivity index (χ3v) is 5.24. The van der Waals surface area contributed by atoms with Crippen LogP contribution in [0.2, 0.25) is 10.0 Å². The van der Waals surface area contributed by atoms with Crippen molar-refractivity contribution in [1.82, 2.24) is 4.98 Å². The van der Waals surface area contributed by atoms with E-state index in [4.69, 9.17) is 33.2 Å². The standard InChI is InChI=1S/C22H13Cl2N3O/c23-12-9-10-13(15(24)11-12)19(21-25-17-7-3-4-8-18(17)26-21)20-14-5-1-2-6-16(14)27-22(20)28/h1-11,27-28H. The van der Waals surface area contributed by atoms with Gasteiger partial charge in [-0.3, -0.25) is 0 Å². The van der Waals surface area contributed by atoms with Crippen molar-refractivity contribution in [2.75, 3.05) is 0 Å². The van der Waals surface area contributed by atoms with E-state index < -0.39 is 0 Å². The Morgan fingerprint density at radius 3 is 2.25 bits per heavy atom. The van der Waals surface area contributed by atoms with Gasteiger partial charge < -0.3 is 10.1 Å². The monoisotopic (exact) mass is 405 g/mol. The average molecular weight is 406 g/mol. The number of fused-ring (bicyclic) bond motifs is 2. The maximum atomic E-state index is 10.7. The van der Waals surface area contributed by atoms with Gasteiger partial charge in [-0.15, -0.1) is 0 Å². The molecule has 1 aliphatic rings. The summed E-state index contributed by atoms with van der Waals surface area (Å²) < 4.78 is 0. The fourth-order valence-electron chi connectivity index (χ4n) is 3.46. The van der Waals surface area contributed by atoms with Crippen LogP contribution in [0.5, 0.6) is 5.88 Å². The van der Waals surface area contributed by atoms with Gasteiger partial charge in [0.05, 0.1) is 21.3 Å². The van der Waals surface area contributed by atoms with Gasteiger partial charge >= 0.3 is 0 Å². The predicted molar refractivity (Wildman–Crippen MR) is 111 cm³/mol. The minimum Gasteiger partial charge on any atom is -0.494 e. The van der Waals surface area contributed by atoms with Gasteiger partial charge in [-0.25, -0.2) is 9.98 Å². The SMILES string of the molecule is Oc1[nH]c2ccccc2c1C(=C1N=c2ccccc2=N1)c1ccc(Cl)cc1Cl. The maximum absolute atomic E-state index is 10.7. The van der Waals surface area contributed by atoms with Crippen LogP contribution < -0.4 is 10.7 Å². The number of aromatic hydroxyl groups is 1. The molecule has 4 aromatic rings. The lowest BCUT2D eigenvalue weighted by Crippen LogP contribution is -2.19. The Hall–Kier alpha value is -3.08. The summed E-state index contributed by atoms with van der Waals surface area (Å²) in [6.07, 6.45) is 0. The molecule has 0 saturated heterocycles. The van der Waals surface area contributed by atoms with Crippen molar-refractivity contribution >= 4 is 39.7 Å². The highest BCUT2D eigenvalue weighted by Gasteiger charge is 2.23. The van der Waals surface area contributed by atoms with Gasteiger partial charge in [-0.2, -0.15) is 0 Å². The van der Waals surface area contributed by atoms with Crippen LogP contribution in [0.3, 0.4) is 0 Å². The van der Waals surface area contributed by atoms with Crippen molar-refractivity contribution in [3.8, 4) is 5.88 Å². The molecule has 0 fully saturated rings. The van der Waals surface area contributed by atoms with Gasteiger partial charge in [0.25, 0.3) is 0 Å². The lowest BCUT2D eigenvalue weighted by Gasteiger charge is -2.11. The van der Waals surface area contributed by atoms with Gasteiger partial charge in [0.1, 0.15) is 0 Å². The molecule has 0 unspecified atom stereocenters. The molecule has 1 aromatic heterocycles. The molecular formula is C22H13Cl2N3O. The van der Waals surface area contributed by atoms with E-state index in [1.165, 1.54) is 0 Å². The molecule has 4 nitrogen and oxygen atoms in total. The largest absolute Gasteiger partial charge is 0.494 e. The molecule has 6 heteroatoms. The van der Waals surface area contributed by atoms with Crippen molar-refractivity contribution in [2.24, 2.45) is 9.98 Å². The van der Waals surface area contributed by atoms with Crippen LogP contribution in [0.15, 0.2) is 82.5 Å². The van der Waals surface area contributed by atoms with E-state index in [0.717, 1.165) is 21.6 Å². The first-order valence-electron chi connectivity index (χ1n) is 8.64. The summed E-state index contributed by atoms with van der Waals surface area (Å²) in [4.78, 5) is 12.4. The van der Waals surface area contributed by atoms with E-state index in [1.54, 1.807) is 12.1 Å². The Labute approximate surface area is 170 Å². The summed E-state index contributed by atoms with van der Waals surface area (Å²) in [5, 5.41) is 14.1. The molecule has 0 aliphatic carbocycles. The molecule has 3 aromatic carbocycles. The fraction of sp³-hybridized carbons (Fsp3) is 0. The molecule has 0 atom stereocenters. The third-order valence-electron chi connectivity index (χ3n) is 4.69. The zero-order valence-corrected chi connectivity index (χ0v) is 16.0. The second kappa shape index (κ2) is 6.51. The molecule has 5 rings (SSSR count). The Kier molecular flexibility index (Phi) is 3.97. The normalized spacial score (nSPS) is 12.6. The highest BCUT2D eigenvalue weighted by Crippen LogP contribution is 2.41. The smallest absolute Gasteiger partial charge is 0.197 e. The number of nitrogens with zero attached hydrogens (tertiary/aromatic N) is 2. The Morgan fingerprint density at radius 2 is 1.54 bits per heavy atom. The van der Waals surface area contributed by atoms with E-state index in [-0.39, 0.29) is 5.88 Å². The minimum atomic E-state index is 0.0380. The van der Waals surface area contributed by atoms with Gasteiger partial charge in [0.2, 0.25) is 0 Å². The van der Waals surface area contributed by atoms with Crippen molar-refractivity contribution < 1.29 is 5.11 Å². The van der Waals surface area contributed by atoms with Crippen LogP contribution in [0, 0.1) is 0 Å². The Morgan fingerprint density at radius 1 is 0.857 bits per heavy atom. The third kappa shape index (κ3) is 2.70. The molecule has 0 bridgehead atoms. The molecule has 2 N–H and O–H groups in total. The van der Waals surface area contributed by atoms with Crippen molar-refractivity contribution in [3.05, 3.63) is 104 Å². The van der Waals surface area contributed by atoms with Crippen LogP contribution >= 0.6 is 23.2 Å². The number of aromatic amines is 1. The summed E-state index contributed by atoms with van der Waals surface area (Å²) in [5.41, 5.74) is 2.76. The van der Waals surface area contributed by atoms with Crippen LogP contribution in [-0.4, -0.2) is 10.1 Å². The molecule has 0 amide bonds. The number of para-hydroxylation sites is 3. The van der Waals surface area contributed by atoms with Crippen LogP contribution in [-0.2, 0) is 0 Å². The first kappa shape index (κ1) is 17.0. The minimum absolute atomic E-state index is 0.0380. The molecule has 2 heterocycles. The summed E-state index contributed by atoms with van der Waals surface area (Å²) in [6.45, 7) is 0. The summed E-state index contributed by atoms with van der Waals surface area (Å²) in [7, 11) is 0. The maximum Gasteiger partial charge on any atom is 0.197 e. The number of hydrogen-bond acceptors (Lipinski definition) is 3. The summed E-state index contributed by atoms with van der Waals surface area (Å²) in [5.74, 6) is 0.529. The molecule has 0 saturated carbocycles. The molecule has 1 aliphatic heterocycles. The lowest BCUT2D eigenvalue weighted by atomic mass is 9.96. The van der Waals surface area contributed by atoms with E-state index >= 15 is 0 Å². The summed E-state index contributed by atoms with van der Waals surface area (Å²) >= 11 is 12.6. The average Bonchev–Trinajstić information content (AvgIpc) is 3.25. The fourth-order valence-corrected chi connectivity index (χ4v) is 3.96. The number of benzene rings is 3. The number of nitrogens with one attached hydrogen (secondary N) is 1. The molecular weight excluding hydrogens is 393 g/mol. The van der Waals surface area contributed by atoms with E-state index in [2.05, 4.69) is 4.98 Å². The Balaban J connectivity index is 1.91. The van der Waals surface area contributed by atoms with E-state index in [1.807, 2.05) is 54.6 Å². The lowest BCUT2D eigenvalue weighted by molar-refractivity contribution is 0.457. The highest BCUT2D eigenvalue weighted by molar-refractivity contribution is 6.36. The number of halogens is 2. The molecule has 136 valence electrons. The van der Waals surface area contributed by atoms with Crippen LogP contribution in [0.1, 0.15) is 11.1 Å². The van der Waals surface area contributed by atoms with Gasteiger partial charge in [0.15, 0.2) is 11.7 Å². The zero-order valence-electron chi connectivity index (χ0n) is 14.4. The van der Waals surface area contributed by atoms with E-state index in [0.29, 0.717) is 32.6 Å². The molecule has 0 spiro atoms. The van der Waals surface area contributed by atoms with Crippen LogP contribution in [0.4, 0.5) is 0 Å². The van der Waals surface area contributed by atoms with Crippen molar-refractivity contribution in [2.45, 2.75) is 0 Å². The second-order valence-corrected chi connectivity index (χ2v) is 7.27. The number of hydrogen-bond donors (Lipinski definition) is 2. The topological polar surface area (TPSA) is 60.7 Å². The summed E-state index contributed by atoms with van der Waals surface area (Å²) in [6, 6.07) is 20.6. The van der Waals surface area contributed by atoms with Crippen molar-refractivity contribution in [3.63, 3.8) is 0 Å². The molecule has 28 heavy (non-hydrogen) atoms. The van der Waals surface area contributed by atoms with Gasteiger partial charge in [-0.1, -0.05) is 59.6 Å². The number of H-pyrrole nitrogens is 1. The Bertz CT molecular complexity index is 1370. The number of rotatable bonds is 2. The quantitative estimate of drug-likeness (QED) is 0.491. The van der Waals surface area contributed by atoms with Gasteiger partial charge in [-0.05, 0) is 30.3 Å². The van der Waals surface area contributed by atoms with Gasteiger partial charge in [0, 0.05) is 27.1 Å². The molecule has 0 radical (unpaired) electrons. The first-order chi connectivity index (χ1) is 13.6. The van der Waals surface area contributed by atoms with Crippen LogP contribution in [0.25, 0.3) is 16.5 Å². The zero-order chi connectivity index (χ0) is 19.3.